The molecule has 14 aromatic rings. The molecule has 2 aliphatic heterocycles. The van der Waals surface area contributed by atoms with Crippen LogP contribution in [-0.2, 0) is 27.7 Å². The highest BCUT2D eigenvalue weighted by Crippen LogP contribution is 2.47. The molecule has 0 radical (unpaired) electrons. The second-order valence-electron chi connectivity index (χ2n) is 30.4. The Kier molecular flexibility index (Phi) is 22.8. The lowest BCUT2D eigenvalue weighted by Gasteiger charge is -2.35. The zero-order chi connectivity index (χ0) is 86.1. The minimum atomic E-state index is -0.496. The molecule has 7 aromatic carbocycles. The fourth-order valence-corrected chi connectivity index (χ4v) is 21.1. The molecule has 29 heteroatoms. The van der Waals surface area contributed by atoms with Gasteiger partial charge in [-0.1, -0.05) is 167 Å². The number of aryl methyl sites for hydroxylation is 3. The number of fused-ring (bicyclic) bond motifs is 18. The van der Waals surface area contributed by atoms with Gasteiger partial charge in [-0.15, -0.1) is 68.0 Å². The van der Waals surface area contributed by atoms with Gasteiger partial charge in [0.15, 0.2) is 0 Å². The Morgan fingerprint density at radius 2 is 0.821 bits per heavy atom. The average molecular weight is 1760 g/mol. The number of aromatic nitrogens is 7. The number of halogens is 2. The number of carbonyl (C=O) groups excluding carboxylic acids is 12. The normalized spacial score (nSPS) is 15.5. The Hall–Kier alpha value is -12.4. The van der Waals surface area contributed by atoms with Crippen molar-refractivity contribution < 1.29 is 71.4 Å². The number of ether oxygens (including phenoxy) is 2. The first-order valence-electron chi connectivity index (χ1n) is 38.9. The van der Waals surface area contributed by atoms with Gasteiger partial charge in [-0.05, 0) is 93.1 Å². The third-order valence-corrected chi connectivity index (χ3v) is 28.8. The monoisotopic (exact) mass is 1760 g/mol. The predicted molar refractivity (Wildman–Crippen MR) is 468 cm³/mol. The fourth-order valence-electron chi connectivity index (χ4n) is 14.8. The van der Waals surface area contributed by atoms with Gasteiger partial charge in [-0.2, -0.15) is 0 Å². The van der Waals surface area contributed by atoms with Gasteiger partial charge in [-0.3, -0.25) is 62.5 Å². The minimum absolute atomic E-state index is 0.0272. The lowest BCUT2D eigenvalue weighted by atomic mass is 9.89. The van der Waals surface area contributed by atoms with Crippen LogP contribution in [0.15, 0.2) is 182 Å². The van der Waals surface area contributed by atoms with Crippen LogP contribution in [0.4, 0.5) is 4.39 Å². The molecule has 6 aliphatic carbocycles. The third-order valence-electron chi connectivity index (χ3n) is 21.2. The van der Waals surface area contributed by atoms with E-state index in [4.69, 9.17) is 21.1 Å². The highest BCUT2D eigenvalue weighted by Gasteiger charge is 2.44. The van der Waals surface area contributed by atoms with E-state index in [0.717, 1.165) is 95.4 Å². The molecular formula is C94H65ClFN7O14S6. The molecule has 7 aromatic heterocycles. The Morgan fingerprint density at radius 1 is 0.415 bits per heavy atom. The van der Waals surface area contributed by atoms with E-state index in [0.29, 0.717) is 132 Å². The molecule has 1 unspecified atom stereocenters. The van der Waals surface area contributed by atoms with Crippen molar-refractivity contribution in [2.45, 2.75) is 90.6 Å². The van der Waals surface area contributed by atoms with Crippen LogP contribution in [-0.4, -0.2) is 124 Å². The van der Waals surface area contributed by atoms with Crippen molar-refractivity contribution in [3.8, 4) is 78.1 Å². The lowest BCUT2D eigenvalue weighted by Crippen LogP contribution is -2.43. The summed E-state index contributed by atoms with van der Waals surface area (Å²) in [7, 11) is 0. The number of thiazole rings is 6. The summed E-state index contributed by atoms with van der Waals surface area (Å²) in [6.07, 6.45) is 6.74. The summed E-state index contributed by atoms with van der Waals surface area (Å²) in [5.74, 6) is -5.24. The Morgan fingerprint density at radius 3 is 1.29 bits per heavy atom. The van der Waals surface area contributed by atoms with Crippen LogP contribution in [0.2, 0.25) is 5.02 Å². The van der Waals surface area contributed by atoms with E-state index >= 15 is 0 Å². The smallest absolute Gasteiger partial charge is 0.245 e. The maximum absolute atomic E-state index is 13.0. The van der Waals surface area contributed by atoms with Crippen LogP contribution in [0.3, 0.4) is 0 Å². The summed E-state index contributed by atoms with van der Waals surface area (Å²) in [6, 6.07) is 49.3. The molecular weight excluding hydrogens is 1700 g/mol. The van der Waals surface area contributed by atoms with E-state index in [9.17, 15) is 61.9 Å². The second kappa shape index (κ2) is 33.8. The standard InChI is InChI=1S/C22H18FNO2S.C16H8N2O2S.2C15H11NO3S.C14H10ClNO2S.C12H7NO2S/c1-12(2)22-24-18-16-10-7-14(4-3-13-5-8-15(23)9-6-13)11-17(16)19(25)20(26)21(18)27-22;19-13-11-6-2-1-5-10(11)12-15(14(13)20)21-16(18-12)9-4-3-7-17-8-9;1-15(6-19-7-15)14-16-10-8-4-2-3-5-9(8)11(17)12(18)13(10)20-14;17-12-9-5-2-1-4-8(9)11-14(13(12)18)20-15(16-11)10-6-3-7-19-10;1-6(2)14-16-10-8-4-3-7(15)5-9(8)11(17)12(18)13(10)19-14;1-6-13-9-7-4-2-3-5-8(7)10(14)11(15)12(9)16-6/h5-12H,3-4H2,1-2H3;1-8H;2-5H,6-7H2,1H3;1-2,4-5,10H,3,6-7H2;3-6H,1-2H3;2-5H,1H3. The van der Waals surface area contributed by atoms with E-state index in [1.165, 1.54) is 86.2 Å². The Balaban J connectivity index is 0.000000105. The summed E-state index contributed by atoms with van der Waals surface area (Å²) >= 11 is 13.7. The van der Waals surface area contributed by atoms with Gasteiger partial charge in [0.25, 0.3) is 0 Å². The molecule has 0 amide bonds. The summed E-state index contributed by atoms with van der Waals surface area (Å²) < 4.78 is 23.9. The molecule has 0 bridgehead atoms. The summed E-state index contributed by atoms with van der Waals surface area (Å²) in [4.78, 5) is 180. The molecule has 21 nitrogen and oxygen atoms in total. The molecule has 123 heavy (non-hydrogen) atoms. The van der Waals surface area contributed by atoms with Crippen LogP contribution in [0, 0.1) is 12.7 Å². The molecule has 0 saturated carbocycles. The Labute approximate surface area is 730 Å². The van der Waals surface area contributed by atoms with Gasteiger partial charge in [0.1, 0.15) is 56.2 Å². The Bertz CT molecular complexity index is 6860. The van der Waals surface area contributed by atoms with E-state index in [1.54, 1.807) is 91.3 Å². The predicted octanol–water partition coefficient (Wildman–Crippen LogP) is 20.5. The topological polar surface area (TPSA) is 314 Å². The van der Waals surface area contributed by atoms with E-state index in [2.05, 4.69) is 41.8 Å². The third kappa shape index (κ3) is 15.6. The summed E-state index contributed by atoms with van der Waals surface area (Å²) in [5.41, 5.74) is 13.6. The van der Waals surface area contributed by atoms with Crippen LogP contribution in [0.25, 0.3) is 78.1 Å². The van der Waals surface area contributed by atoms with Crippen molar-refractivity contribution in [3.63, 3.8) is 0 Å². The highest BCUT2D eigenvalue weighted by atomic mass is 35.5. The number of rotatable bonds is 8. The summed E-state index contributed by atoms with van der Waals surface area (Å²) in [5, 5.41) is 5.39. The van der Waals surface area contributed by atoms with Gasteiger partial charge < -0.3 is 9.47 Å². The quantitative estimate of drug-likeness (QED) is 0.128. The first-order chi connectivity index (χ1) is 59.2. The van der Waals surface area contributed by atoms with E-state index in [-0.39, 0.29) is 29.2 Å². The van der Waals surface area contributed by atoms with Gasteiger partial charge in [0, 0.05) is 108 Å². The number of pyridine rings is 1. The van der Waals surface area contributed by atoms with Gasteiger partial charge in [-0.25, -0.2) is 34.3 Å². The van der Waals surface area contributed by atoms with Crippen molar-refractivity contribution in [1.29, 1.82) is 0 Å². The van der Waals surface area contributed by atoms with Crippen LogP contribution in [0.1, 0.15) is 222 Å². The molecule has 2 fully saturated rings. The maximum atomic E-state index is 13.0. The number of Topliss-reactive ketones (excluding diaryl/α,β-unsaturated/α-hetero) is 12. The SMILES string of the molecule is CC(C)c1nc2c(s1)C(=O)C(=O)c1cc(CCc3ccc(F)cc3)ccc1-2.CC(C)c1nc2c(s1)C(=O)C(=O)c1cc(Cl)ccc1-2.CC1(c2nc3c(s2)C(=O)C(=O)c2ccccc2-3)COC1.Cc1nc2c(s1)C(=O)C(=O)c1ccccc1-2.O=C1C(=O)c2sc(-c3cccnc3)nc2-c2ccccc21.O=C1C(=O)c2sc(C3CCCO3)nc2-c2ccccc21. The number of carbonyl (C=O) groups is 12. The van der Waals surface area contributed by atoms with Crippen molar-refractivity contribution in [1.82, 2.24) is 34.9 Å². The van der Waals surface area contributed by atoms with Gasteiger partial charge in [0.05, 0.1) is 67.8 Å². The molecule has 22 rings (SSSR count). The molecule has 8 aliphatic rings. The zero-order valence-corrected chi connectivity index (χ0v) is 71.7. The van der Waals surface area contributed by atoms with Crippen molar-refractivity contribution in [2.75, 3.05) is 19.8 Å². The first kappa shape index (κ1) is 82.9. The van der Waals surface area contributed by atoms with Crippen molar-refractivity contribution in [2.24, 2.45) is 0 Å². The largest absolute Gasteiger partial charge is 0.379 e. The molecule has 610 valence electrons. The van der Waals surface area contributed by atoms with Gasteiger partial charge in [0.2, 0.25) is 69.4 Å². The molecule has 9 heterocycles. The molecule has 1 atom stereocenters. The van der Waals surface area contributed by atoms with E-state index in [1.807, 2.05) is 107 Å². The number of benzene rings is 7. The van der Waals surface area contributed by atoms with Crippen LogP contribution in [0.5, 0.6) is 0 Å². The minimum Gasteiger partial charge on any atom is -0.379 e. The highest BCUT2D eigenvalue weighted by molar-refractivity contribution is 7.19. The van der Waals surface area contributed by atoms with Gasteiger partial charge >= 0.3 is 0 Å². The maximum Gasteiger partial charge on any atom is 0.245 e. The summed E-state index contributed by atoms with van der Waals surface area (Å²) in [6.45, 7) is 13.9. The van der Waals surface area contributed by atoms with Crippen molar-refractivity contribution >= 4 is 149 Å². The molecule has 0 N–H and O–H groups in total. The number of nitrogens with zero attached hydrogens (tertiary/aromatic N) is 7. The number of ketones is 12. The van der Waals surface area contributed by atoms with Crippen molar-refractivity contribution in [3.05, 3.63) is 292 Å². The number of hydrogen-bond acceptors (Lipinski definition) is 27. The van der Waals surface area contributed by atoms with Crippen LogP contribution < -0.4 is 0 Å². The average Bonchev–Trinajstić information content (AvgIpc) is 1.68. The van der Waals surface area contributed by atoms with Crippen LogP contribution >= 0.6 is 79.6 Å². The zero-order valence-electron chi connectivity index (χ0n) is 66.1. The second-order valence-corrected chi connectivity index (χ2v) is 37.2. The number of hydrogen-bond donors (Lipinski definition) is 0. The molecule has 2 saturated heterocycles. The first-order valence-corrected chi connectivity index (χ1v) is 44.2. The molecule has 0 spiro atoms. The van der Waals surface area contributed by atoms with E-state index < -0.39 is 69.4 Å². The fraction of sp³-hybridized carbons (Fsp3) is 0.181. The lowest BCUT2D eigenvalue weighted by molar-refractivity contribution is -0.0500.